The third kappa shape index (κ3) is 5.91. The monoisotopic (exact) mass is 683 g/mol. The molecule has 0 radical (unpaired) electrons. The van der Waals surface area contributed by atoms with Gasteiger partial charge in [-0.25, -0.2) is 4.98 Å². The highest BCUT2D eigenvalue weighted by molar-refractivity contribution is 5.98. The number of nitrogens with zero attached hydrogens (tertiary/aromatic N) is 3. The maximum atomic E-state index is 14.8. The highest BCUT2D eigenvalue weighted by atomic mass is 19.4. The average molecular weight is 684 g/mol. The summed E-state index contributed by atoms with van der Waals surface area (Å²) in [5.74, 6) is -1.52. The third-order valence-electron chi connectivity index (χ3n) is 11.3. The minimum absolute atomic E-state index is 0.0150. The maximum Gasteiger partial charge on any atom is 0.437 e. The fraction of sp³-hybridized carbons (Fsp3) is 0.611. The largest absolute Gasteiger partial charge is 0.497 e. The number of halogens is 3. The van der Waals surface area contributed by atoms with Crippen LogP contribution < -0.4 is 20.1 Å². The number of hydrogen-bond acceptors (Lipinski definition) is 7. The van der Waals surface area contributed by atoms with Crippen molar-refractivity contribution in [1.29, 1.82) is 0 Å². The molecular formula is C36H44F3N5O5. The van der Waals surface area contributed by atoms with E-state index in [1.807, 2.05) is 13.0 Å². The highest BCUT2D eigenvalue weighted by Crippen LogP contribution is 2.54. The number of ether oxygens (including phenoxy) is 2. The van der Waals surface area contributed by atoms with Gasteiger partial charge in [-0.15, -0.1) is 0 Å². The Hall–Kier alpha value is -3.87. The Bertz CT molecular complexity index is 1700. The van der Waals surface area contributed by atoms with Gasteiger partial charge in [-0.3, -0.25) is 19.3 Å². The Kier molecular flexibility index (Phi) is 8.56. The van der Waals surface area contributed by atoms with Crippen molar-refractivity contribution in [3.05, 3.63) is 41.6 Å². The fourth-order valence-electron chi connectivity index (χ4n) is 8.38. The summed E-state index contributed by atoms with van der Waals surface area (Å²) in [6.07, 6.45) is 5.00. The van der Waals surface area contributed by atoms with Crippen molar-refractivity contribution in [3.8, 4) is 11.5 Å². The van der Waals surface area contributed by atoms with E-state index in [1.54, 1.807) is 12.1 Å². The van der Waals surface area contributed by atoms with Crippen LogP contribution in [0.3, 0.4) is 0 Å². The molecule has 264 valence electrons. The lowest BCUT2D eigenvalue weighted by atomic mass is 9.81. The van der Waals surface area contributed by atoms with Crippen molar-refractivity contribution in [2.75, 3.05) is 33.8 Å². The van der Waals surface area contributed by atoms with Crippen molar-refractivity contribution >= 4 is 28.6 Å². The summed E-state index contributed by atoms with van der Waals surface area (Å²) in [5.41, 5.74) is -2.98. The smallest absolute Gasteiger partial charge is 0.437 e. The lowest BCUT2D eigenvalue weighted by Crippen LogP contribution is -2.55. The summed E-state index contributed by atoms with van der Waals surface area (Å²) < 4.78 is 56.5. The van der Waals surface area contributed by atoms with E-state index < -0.39 is 46.9 Å². The van der Waals surface area contributed by atoms with Gasteiger partial charge in [-0.05, 0) is 63.4 Å². The molecule has 1 saturated carbocycles. The van der Waals surface area contributed by atoms with Gasteiger partial charge in [0.05, 0.1) is 19.2 Å². The first-order valence-corrected chi connectivity index (χ1v) is 17.4. The third-order valence-corrected chi connectivity index (χ3v) is 11.3. The summed E-state index contributed by atoms with van der Waals surface area (Å²) >= 11 is 0. The molecule has 2 aromatic rings. The van der Waals surface area contributed by atoms with E-state index in [0.29, 0.717) is 42.6 Å². The molecule has 3 amide bonds. The van der Waals surface area contributed by atoms with Gasteiger partial charge in [0.25, 0.3) is 0 Å². The number of nitrogens with one attached hydrogen (secondary N) is 2. The number of methoxy groups -OCH3 is 1. The van der Waals surface area contributed by atoms with Crippen LogP contribution in [0.4, 0.5) is 13.2 Å². The normalized spacial score (nSPS) is 32.8. The van der Waals surface area contributed by atoms with Gasteiger partial charge in [0.2, 0.25) is 17.7 Å². The van der Waals surface area contributed by atoms with Gasteiger partial charge >= 0.3 is 6.18 Å². The minimum Gasteiger partial charge on any atom is -0.497 e. The summed E-state index contributed by atoms with van der Waals surface area (Å²) in [6, 6.07) is 3.31. The predicted molar refractivity (Wildman–Crippen MR) is 175 cm³/mol. The first kappa shape index (κ1) is 33.6. The zero-order valence-electron chi connectivity index (χ0n) is 28.2. The number of fused-ring (bicyclic) bond motifs is 5. The van der Waals surface area contributed by atoms with Gasteiger partial charge in [0.1, 0.15) is 22.9 Å². The number of benzene rings is 1. The first-order valence-electron chi connectivity index (χ1n) is 17.4. The molecule has 2 N–H and O–H groups in total. The summed E-state index contributed by atoms with van der Waals surface area (Å²) in [4.78, 5) is 49.4. The summed E-state index contributed by atoms with van der Waals surface area (Å²) in [7, 11) is 3.02. The number of carbonyl (C=O) groups is 3. The zero-order valence-corrected chi connectivity index (χ0v) is 28.2. The molecular weight excluding hydrogens is 639 g/mol. The lowest BCUT2D eigenvalue weighted by Gasteiger charge is -2.47. The average Bonchev–Trinajstić information content (AvgIpc) is 3.62. The second-order valence-corrected chi connectivity index (χ2v) is 14.5. The van der Waals surface area contributed by atoms with Crippen LogP contribution in [0.2, 0.25) is 0 Å². The number of carbonyl (C=O) groups excluding carboxylic acids is 3. The first-order chi connectivity index (χ1) is 23.4. The predicted octanol–water partition coefficient (Wildman–Crippen LogP) is 4.91. The van der Waals surface area contributed by atoms with E-state index in [1.165, 1.54) is 25.1 Å². The number of hydrogen-bond donors (Lipinski definition) is 2. The fourth-order valence-corrected chi connectivity index (χ4v) is 8.38. The van der Waals surface area contributed by atoms with E-state index in [0.717, 1.165) is 32.1 Å². The minimum atomic E-state index is -4.82. The number of likely N-dealkylation sites (tertiary alicyclic amines) is 1. The molecule has 1 aliphatic carbocycles. The summed E-state index contributed by atoms with van der Waals surface area (Å²) in [5, 5.41) is 6.19. The van der Waals surface area contributed by atoms with Crippen LogP contribution >= 0.6 is 0 Å². The number of allylic oxidation sites excluding steroid dienone is 1. The summed E-state index contributed by atoms with van der Waals surface area (Å²) in [6.45, 7) is 3.18. The number of rotatable bonds is 3. The number of aromatic nitrogens is 1. The molecule has 5 heterocycles. The lowest BCUT2D eigenvalue weighted by molar-refractivity contribution is -0.145. The van der Waals surface area contributed by atoms with Gasteiger partial charge in [-0.2, -0.15) is 13.2 Å². The molecule has 10 nitrogen and oxygen atoms in total. The van der Waals surface area contributed by atoms with Gasteiger partial charge in [0, 0.05) is 48.7 Å². The second-order valence-electron chi connectivity index (χ2n) is 14.5. The van der Waals surface area contributed by atoms with Crippen molar-refractivity contribution in [2.24, 2.45) is 11.8 Å². The van der Waals surface area contributed by atoms with Crippen LogP contribution in [-0.2, 0) is 20.6 Å². The van der Waals surface area contributed by atoms with Gasteiger partial charge in [0.15, 0.2) is 11.4 Å². The van der Waals surface area contributed by atoms with Crippen LogP contribution in [0.1, 0.15) is 82.0 Å². The molecule has 13 heteroatoms. The molecule has 5 aliphatic rings. The van der Waals surface area contributed by atoms with Crippen LogP contribution in [-0.4, -0.2) is 83.5 Å². The maximum absolute atomic E-state index is 14.8. The Labute approximate surface area is 283 Å². The van der Waals surface area contributed by atoms with Gasteiger partial charge in [-0.1, -0.05) is 31.9 Å². The van der Waals surface area contributed by atoms with Gasteiger partial charge < -0.3 is 25.0 Å². The molecule has 1 spiro atoms. The van der Waals surface area contributed by atoms with Crippen LogP contribution in [0.15, 0.2) is 30.4 Å². The topological polar surface area (TPSA) is 113 Å². The van der Waals surface area contributed by atoms with E-state index >= 15 is 0 Å². The second kappa shape index (κ2) is 12.5. The van der Waals surface area contributed by atoms with E-state index in [9.17, 15) is 27.6 Å². The molecule has 6 atom stereocenters. The molecule has 1 aromatic carbocycles. The Morgan fingerprint density at radius 1 is 1.10 bits per heavy atom. The van der Waals surface area contributed by atoms with Crippen LogP contribution in [0, 0.1) is 11.8 Å². The van der Waals surface area contributed by atoms with E-state index in [2.05, 4.69) is 26.6 Å². The van der Waals surface area contributed by atoms with Crippen LogP contribution in [0.5, 0.6) is 11.5 Å². The molecule has 3 fully saturated rings. The molecule has 2 saturated heterocycles. The molecule has 7 rings (SSSR count). The molecule has 49 heavy (non-hydrogen) atoms. The Balaban J connectivity index is 1.32. The van der Waals surface area contributed by atoms with E-state index in [-0.39, 0.29) is 48.4 Å². The van der Waals surface area contributed by atoms with Crippen molar-refractivity contribution < 1.29 is 37.0 Å². The number of amides is 3. The molecule has 4 aliphatic heterocycles. The van der Waals surface area contributed by atoms with Crippen molar-refractivity contribution in [2.45, 2.75) is 94.1 Å². The molecule has 1 aromatic heterocycles. The Morgan fingerprint density at radius 2 is 1.88 bits per heavy atom. The van der Waals surface area contributed by atoms with Crippen molar-refractivity contribution in [3.63, 3.8) is 0 Å². The molecule has 4 unspecified atom stereocenters. The molecule has 0 bridgehead atoms. The standard InChI is InChI=1S/C36H44F3N5O5/c1-21-10-7-5-4-6-8-11-22-17-35(22,33(47)40-2)42-31(45)27-19-34(20-44(27)32(21)46)18-26(43-14-9-15-43)28-24-16-23(48-3)12-13-25(24)41-30(29(28)49-34)36(37,38)39/h8,11-13,16,21-22,26-27H,4-7,9-10,14-15,17-20H2,1-3H3,(H,40,47)(H,42,45)/b11-8-/t21-,22?,26?,27?,34+,35?/m0/s1. The number of alkyl halides is 3. The van der Waals surface area contributed by atoms with E-state index in [4.69, 9.17) is 9.47 Å². The zero-order chi connectivity index (χ0) is 34.7. The van der Waals surface area contributed by atoms with Crippen LogP contribution in [0.25, 0.3) is 10.9 Å². The SMILES string of the molecule is CNC(=O)C12CC1/C=C\CCCCC[C@H](C)C(=O)N1C[C@@]3(CC(N4CCC4)c4c(c(C(F)(F)F)nc5ccc(OC)cc45)O3)CC1C(=O)N2. The van der Waals surface area contributed by atoms with Crippen molar-refractivity contribution in [1.82, 2.24) is 25.4 Å². The highest BCUT2D eigenvalue weighted by Gasteiger charge is 2.62. The Morgan fingerprint density at radius 3 is 2.57 bits per heavy atom. The number of likely N-dealkylation sites (N-methyl/N-ethyl adjacent to an activating group) is 1. The quantitative estimate of drug-likeness (QED) is 0.443. The number of pyridine rings is 1.